The van der Waals surface area contributed by atoms with Crippen molar-refractivity contribution in [1.29, 1.82) is 0 Å². The molecule has 2 N–H and O–H groups in total. The molecular weight excluding hydrogens is 524 g/mol. The molecule has 3 nitrogen and oxygen atoms in total. The summed E-state index contributed by atoms with van der Waals surface area (Å²) in [6, 6.07) is 5.14. The molecule has 0 aliphatic carbocycles. The van der Waals surface area contributed by atoms with Gasteiger partial charge in [0.1, 0.15) is 0 Å². The van der Waals surface area contributed by atoms with Gasteiger partial charge in [-0.05, 0) is 78.5 Å². The van der Waals surface area contributed by atoms with Crippen molar-refractivity contribution in [2.75, 3.05) is 0 Å². The minimum atomic E-state index is -0.0664. The molecule has 0 aromatic heterocycles. The Kier molecular flexibility index (Phi) is 5.05. The Morgan fingerprint density at radius 2 is 1.55 bits per heavy atom. The Morgan fingerprint density at radius 3 is 2.20 bits per heavy atom. The van der Waals surface area contributed by atoms with Crippen LogP contribution >= 0.6 is 63.7 Å². The van der Waals surface area contributed by atoms with E-state index in [-0.39, 0.29) is 23.0 Å². The monoisotopic (exact) mass is 528 g/mol. The van der Waals surface area contributed by atoms with Crippen molar-refractivity contribution in [2.24, 2.45) is 0 Å². The Morgan fingerprint density at radius 1 is 0.900 bits per heavy atom. The smallest absolute Gasteiger partial charge is 0.184 e. The summed E-state index contributed by atoms with van der Waals surface area (Å²) in [5.74, 6) is 0.428. The van der Waals surface area contributed by atoms with E-state index >= 15 is 0 Å². The van der Waals surface area contributed by atoms with Gasteiger partial charge in [-0.3, -0.25) is 0 Å². The maximum absolute atomic E-state index is 10.1. The number of phenolic OH excluding ortho intramolecular Hbond substituents is 2. The number of hydrogen-bond donors (Lipinski definition) is 2. The molecule has 2 rings (SSSR count). The quantitative estimate of drug-likeness (QED) is 0.451. The summed E-state index contributed by atoms with van der Waals surface area (Å²) < 4.78 is 8.13. The minimum absolute atomic E-state index is 0.0264. The molecule has 0 aliphatic heterocycles. The van der Waals surface area contributed by atoms with Gasteiger partial charge in [-0.25, -0.2) is 0 Å². The third-order valence-corrected chi connectivity index (χ3v) is 5.55. The predicted molar refractivity (Wildman–Crippen MR) is 91.8 cm³/mol. The van der Waals surface area contributed by atoms with Crippen molar-refractivity contribution in [3.63, 3.8) is 0 Å². The van der Waals surface area contributed by atoms with Crippen molar-refractivity contribution in [2.45, 2.75) is 6.92 Å². The molecule has 0 radical (unpaired) electrons. The van der Waals surface area contributed by atoms with Gasteiger partial charge in [0.25, 0.3) is 0 Å². The number of phenols is 2. The maximum atomic E-state index is 10.1. The van der Waals surface area contributed by atoms with Crippen LogP contribution < -0.4 is 4.74 Å². The standard InChI is InChI=1S/C13H8Br4O3/c1-5-2-6(14)3-9(11(5)18)20-13-8(16)4-7(15)10(17)12(13)19/h2-4,18-19H,1H3. The van der Waals surface area contributed by atoms with Crippen LogP contribution in [-0.4, -0.2) is 10.2 Å². The number of aromatic hydroxyl groups is 2. The van der Waals surface area contributed by atoms with Crippen molar-refractivity contribution >= 4 is 63.7 Å². The molecule has 0 atom stereocenters. The van der Waals surface area contributed by atoms with E-state index in [1.165, 1.54) is 0 Å². The second kappa shape index (κ2) is 6.25. The molecule has 106 valence electrons. The zero-order chi connectivity index (χ0) is 15.0. The molecular formula is C13H8Br4O3. The van der Waals surface area contributed by atoms with Gasteiger partial charge in [-0.2, -0.15) is 0 Å². The number of halogens is 4. The molecule has 0 aliphatic rings. The molecule has 20 heavy (non-hydrogen) atoms. The molecule has 0 fully saturated rings. The third kappa shape index (κ3) is 3.16. The van der Waals surface area contributed by atoms with Crippen LogP contribution in [-0.2, 0) is 0 Å². The topological polar surface area (TPSA) is 49.7 Å². The lowest BCUT2D eigenvalue weighted by Crippen LogP contribution is -1.90. The molecule has 2 aromatic rings. The van der Waals surface area contributed by atoms with Gasteiger partial charge in [0.05, 0.1) is 8.95 Å². The summed E-state index contributed by atoms with van der Waals surface area (Å²) >= 11 is 13.2. The van der Waals surface area contributed by atoms with Gasteiger partial charge < -0.3 is 14.9 Å². The Labute approximate surface area is 149 Å². The Balaban J connectivity index is 2.54. The highest BCUT2D eigenvalue weighted by Crippen LogP contribution is 2.48. The van der Waals surface area contributed by atoms with E-state index in [4.69, 9.17) is 4.74 Å². The zero-order valence-electron chi connectivity index (χ0n) is 10.0. The second-order valence-electron chi connectivity index (χ2n) is 4.00. The van der Waals surface area contributed by atoms with E-state index < -0.39 is 0 Å². The normalized spacial score (nSPS) is 10.7. The summed E-state index contributed by atoms with van der Waals surface area (Å²) in [6.07, 6.45) is 0. The number of ether oxygens (including phenoxy) is 1. The molecule has 2 aromatic carbocycles. The second-order valence-corrected chi connectivity index (χ2v) is 7.42. The number of hydrogen-bond acceptors (Lipinski definition) is 3. The van der Waals surface area contributed by atoms with Gasteiger partial charge in [0, 0.05) is 8.95 Å². The fourth-order valence-electron chi connectivity index (χ4n) is 1.56. The SMILES string of the molecule is Cc1cc(Br)cc(Oc2c(Br)cc(Br)c(Br)c2O)c1O. The van der Waals surface area contributed by atoms with Crippen molar-refractivity contribution < 1.29 is 14.9 Å². The van der Waals surface area contributed by atoms with E-state index in [1.54, 1.807) is 25.1 Å². The van der Waals surface area contributed by atoms with Crippen LogP contribution in [0.1, 0.15) is 5.56 Å². The number of benzene rings is 2. The van der Waals surface area contributed by atoms with Crippen LogP contribution in [0.3, 0.4) is 0 Å². The molecule has 0 spiro atoms. The molecule has 0 bridgehead atoms. The molecule has 0 amide bonds. The molecule has 0 unspecified atom stereocenters. The molecule has 0 saturated carbocycles. The average molecular weight is 532 g/mol. The van der Waals surface area contributed by atoms with Gasteiger partial charge in [0.15, 0.2) is 23.0 Å². The maximum Gasteiger partial charge on any atom is 0.184 e. The lowest BCUT2D eigenvalue weighted by molar-refractivity contribution is 0.380. The first-order chi connectivity index (χ1) is 9.31. The zero-order valence-corrected chi connectivity index (χ0v) is 16.4. The van der Waals surface area contributed by atoms with Crippen LogP contribution in [0.2, 0.25) is 0 Å². The first kappa shape index (κ1) is 16.1. The van der Waals surface area contributed by atoms with E-state index in [1.807, 2.05) is 0 Å². The highest BCUT2D eigenvalue weighted by atomic mass is 79.9. The van der Waals surface area contributed by atoms with Gasteiger partial charge in [-0.15, -0.1) is 0 Å². The Bertz CT molecular complexity index is 686. The van der Waals surface area contributed by atoms with Crippen molar-refractivity contribution in [1.82, 2.24) is 0 Å². The van der Waals surface area contributed by atoms with E-state index in [9.17, 15) is 10.2 Å². The van der Waals surface area contributed by atoms with E-state index in [0.717, 1.165) is 4.47 Å². The molecule has 0 heterocycles. The van der Waals surface area contributed by atoms with Crippen LogP contribution in [0.15, 0.2) is 36.1 Å². The largest absolute Gasteiger partial charge is 0.504 e. The van der Waals surface area contributed by atoms with Gasteiger partial charge >= 0.3 is 0 Å². The summed E-state index contributed by atoms with van der Waals surface area (Å²) in [4.78, 5) is 0. The predicted octanol–water partition coefficient (Wildman–Crippen LogP) is 6.25. The van der Waals surface area contributed by atoms with E-state index in [0.29, 0.717) is 19.0 Å². The third-order valence-electron chi connectivity index (χ3n) is 2.55. The lowest BCUT2D eigenvalue weighted by Gasteiger charge is -2.14. The number of aryl methyl sites for hydroxylation is 1. The first-order valence-electron chi connectivity index (χ1n) is 5.34. The molecule has 0 saturated heterocycles. The van der Waals surface area contributed by atoms with Crippen LogP contribution in [0.25, 0.3) is 0 Å². The summed E-state index contributed by atoms with van der Waals surface area (Å²) in [7, 11) is 0. The van der Waals surface area contributed by atoms with Gasteiger partial charge in [-0.1, -0.05) is 15.9 Å². The van der Waals surface area contributed by atoms with Crippen molar-refractivity contribution in [3.05, 3.63) is 41.7 Å². The van der Waals surface area contributed by atoms with E-state index in [2.05, 4.69) is 63.7 Å². The fraction of sp³-hybridized carbons (Fsp3) is 0.0769. The lowest BCUT2D eigenvalue weighted by atomic mass is 10.2. The Hall–Kier alpha value is -0.240. The summed E-state index contributed by atoms with van der Waals surface area (Å²) in [5, 5.41) is 20.2. The highest BCUT2D eigenvalue weighted by Gasteiger charge is 2.18. The molecule has 7 heteroatoms. The summed E-state index contributed by atoms with van der Waals surface area (Å²) in [5.41, 5.74) is 0.668. The van der Waals surface area contributed by atoms with Crippen LogP contribution in [0.4, 0.5) is 0 Å². The van der Waals surface area contributed by atoms with Crippen molar-refractivity contribution in [3.8, 4) is 23.0 Å². The first-order valence-corrected chi connectivity index (χ1v) is 8.52. The number of rotatable bonds is 2. The minimum Gasteiger partial charge on any atom is -0.504 e. The summed E-state index contributed by atoms with van der Waals surface area (Å²) in [6.45, 7) is 1.76. The van der Waals surface area contributed by atoms with Crippen LogP contribution in [0.5, 0.6) is 23.0 Å². The average Bonchev–Trinajstić information content (AvgIpc) is 2.37. The fourth-order valence-corrected chi connectivity index (χ4v) is 3.62. The highest BCUT2D eigenvalue weighted by molar-refractivity contribution is 9.13. The van der Waals surface area contributed by atoms with Crippen LogP contribution in [0, 0.1) is 6.92 Å². The van der Waals surface area contributed by atoms with Gasteiger partial charge in [0.2, 0.25) is 0 Å².